The van der Waals surface area contributed by atoms with E-state index in [1.165, 1.54) is 12.1 Å². The molecule has 4 nitrogen and oxygen atoms in total. The standard InChI is InChI=1S/C26H18ClF2N3O/c1-26(13-15-7-19(28)12-20(29)8-15)22-11-17(16-3-2-4-18(27)9-16)10-21(24(22)32-25(26)33)23-14-30-5-6-31-23/h2-12,14H,13H2,1H3,(H,32,33). The van der Waals surface area contributed by atoms with Crippen LogP contribution in [-0.4, -0.2) is 15.9 Å². The molecule has 0 saturated carbocycles. The van der Waals surface area contributed by atoms with Gasteiger partial charge in [0.15, 0.2) is 0 Å². The van der Waals surface area contributed by atoms with Gasteiger partial charge >= 0.3 is 0 Å². The van der Waals surface area contributed by atoms with Gasteiger partial charge in [-0.2, -0.15) is 0 Å². The van der Waals surface area contributed by atoms with Crippen molar-refractivity contribution in [1.82, 2.24) is 9.97 Å². The highest BCUT2D eigenvalue weighted by atomic mass is 35.5. The molecule has 5 rings (SSSR count). The van der Waals surface area contributed by atoms with Gasteiger partial charge in [0.05, 0.1) is 23.0 Å². The molecule has 1 amide bonds. The first-order valence-corrected chi connectivity index (χ1v) is 10.7. The van der Waals surface area contributed by atoms with Crippen molar-refractivity contribution in [3.05, 3.63) is 101 Å². The molecular weight excluding hydrogens is 444 g/mol. The molecule has 33 heavy (non-hydrogen) atoms. The van der Waals surface area contributed by atoms with Gasteiger partial charge < -0.3 is 5.32 Å². The van der Waals surface area contributed by atoms with E-state index >= 15 is 0 Å². The summed E-state index contributed by atoms with van der Waals surface area (Å²) in [5.74, 6) is -1.61. The lowest BCUT2D eigenvalue weighted by Gasteiger charge is -2.23. The third-order valence-corrected chi connectivity index (χ3v) is 6.18. The van der Waals surface area contributed by atoms with Crippen molar-refractivity contribution in [2.24, 2.45) is 0 Å². The molecule has 7 heteroatoms. The van der Waals surface area contributed by atoms with Crippen LogP contribution in [-0.2, 0) is 16.6 Å². The van der Waals surface area contributed by atoms with Gasteiger partial charge in [0.2, 0.25) is 5.91 Å². The molecule has 4 aromatic rings. The summed E-state index contributed by atoms with van der Waals surface area (Å²) in [7, 11) is 0. The number of nitrogens with one attached hydrogen (secondary N) is 1. The summed E-state index contributed by atoms with van der Waals surface area (Å²) in [4.78, 5) is 21.8. The van der Waals surface area contributed by atoms with Gasteiger partial charge in [-0.3, -0.25) is 14.8 Å². The van der Waals surface area contributed by atoms with E-state index in [-0.39, 0.29) is 12.3 Å². The number of hydrogen-bond acceptors (Lipinski definition) is 3. The highest BCUT2D eigenvalue weighted by Gasteiger charge is 2.44. The molecule has 164 valence electrons. The monoisotopic (exact) mass is 461 g/mol. The fraction of sp³-hybridized carbons (Fsp3) is 0.115. The number of hydrogen-bond donors (Lipinski definition) is 1. The quantitative estimate of drug-likeness (QED) is 0.394. The van der Waals surface area contributed by atoms with Crippen molar-refractivity contribution in [1.29, 1.82) is 0 Å². The predicted molar refractivity (Wildman–Crippen MR) is 124 cm³/mol. The van der Waals surface area contributed by atoms with Gasteiger partial charge in [-0.05, 0) is 72.0 Å². The van der Waals surface area contributed by atoms with Crippen LogP contribution in [0.15, 0.2) is 73.2 Å². The molecule has 3 aromatic carbocycles. The normalized spacial score (nSPS) is 17.0. The Labute approximate surface area is 194 Å². The molecule has 0 saturated heterocycles. The molecule has 1 aromatic heterocycles. The molecule has 2 heterocycles. The fourth-order valence-electron chi connectivity index (χ4n) is 4.36. The predicted octanol–water partition coefficient (Wildman–Crippen LogP) is 6.19. The van der Waals surface area contributed by atoms with Crippen LogP contribution in [0.2, 0.25) is 5.02 Å². The maximum Gasteiger partial charge on any atom is 0.235 e. The van der Waals surface area contributed by atoms with Gasteiger partial charge in [-0.1, -0.05) is 23.7 Å². The van der Waals surface area contributed by atoms with Gasteiger partial charge in [-0.25, -0.2) is 8.78 Å². The number of carbonyl (C=O) groups excluding carboxylic acids is 1. The fourth-order valence-corrected chi connectivity index (χ4v) is 4.55. The van der Waals surface area contributed by atoms with Gasteiger partial charge in [0, 0.05) is 29.0 Å². The Bertz CT molecular complexity index is 1370. The van der Waals surface area contributed by atoms with Crippen LogP contribution in [0, 0.1) is 11.6 Å². The van der Waals surface area contributed by atoms with Crippen LogP contribution in [0.25, 0.3) is 22.4 Å². The molecule has 0 spiro atoms. The summed E-state index contributed by atoms with van der Waals surface area (Å²) >= 11 is 6.23. The maximum atomic E-state index is 13.9. The van der Waals surface area contributed by atoms with Crippen molar-refractivity contribution >= 4 is 23.2 Å². The zero-order valence-corrected chi connectivity index (χ0v) is 18.3. The summed E-state index contributed by atoms with van der Waals surface area (Å²) in [5, 5.41) is 3.56. The number of aromatic nitrogens is 2. The number of nitrogens with zero attached hydrogens (tertiary/aromatic N) is 2. The highest BCUT2D eigenvalue weighted by molar-refractivity contribution is 6.30. The average Bonchev–Trinajstić information content (AvgIpc) is 3.03. The van der Waals surface area contributed by atoms with Crippen molar-refractivity contribution in [3.63, 3.8) is 0 Å². The molecule has 1 N–H and O–H groups in total. The molecule has 1 aliphatic rings. The van der Waals surface area contributed by atoms with E-state index in [9.17, 15) is 13.6 Å². The second-order valence-corrected chi connectivity index (χ2v) is 8.72. The van der Waals surface area contributed by atoms with Crippen LogP contribution in [0.3, 0.4) is 0 Å². The van der Waals surface area contributed by atoms with Crippen molar-refractivity contribution in [2.75, 3.05) is 5.32 Å². The Morgan fingerprint density at radius 1 is 1.00 bits per heavy atom. The summed E-state index contributed by atoms with van der Waals surface area (Å²) in [6.45, 7) is 1.78. The maximum absolute atomic E-state index is 13.9. The summed E-state index contributed by atoms with van der Waals surface area (Å²) in [5.41, 5.74) is 3.69. The minimum atomic E-state index is -1.05. The summed E-state index contributed by atoms with van der Waals surface area (Å²) < 4.78 is 27.7. The first-order valence-electron chi connectivity index (χ1n) is 10.3. The molecular formula is C26H18ClF2N3O. The molecule has 1 unspecified atom stereocenters. The van der Waals surface area contributed by atoms with Crippen LogP contribution < -0.4 is 5.32 Å². The van der Waals surface area contributed by atoms with E-state index < -0.39 is 17.0 Å². The molecule has 0 radical (unpaired) electrons. The second kappa shape index (κ2) is 8.05. The molecule has 0 fully saturated rings. The molecule has 1 aliphatic heterocycles. The molecule has 0 bridgehead atoms. The van der Waals surface area contributed by atoms with E-state index in [1.807, 2.05) is 30.3 Å². The van der Waals surface area contributed by atoms with Gasteiger partial charge in [0.1, 0.15) is 11.6 Å². The lowest BCUT2D eigenvalue weighted by molar-refractivity contribution is -0.120. The third-order valence-electron chi connectivity index (χ3n) is 5.95. The van der Waals surface area contributed by atoms with Gasteiger partial charge in [0.25, 0.3) is 0 Å². The number of fused-ring (bicyclic) bond motifs is 1. The van der Waals surface area contributed by atoms with Crippen molar-refractivity contribution in [3.8, 4) is 22.4 Å². The first-order chi connectivity index (χ1) is 15.8. The number of rotatable bonds is 4. The van der Waals surface area contributed by atoms with Crippen molar-refractivity contribution < 1.29 is 13.6 Å². The van der Waals surface area contributed by atoms with E-state index in [0.29, 0.717) is 27.5 Å². The highest BCUT2D eigenvalue weighted by Crippen LogP contribution is 2.47. The SMILES string of the molecule is CC1(Cc2cc(F)cc(F)c2)C(=O)Nc2c(-c3cnccn3)cc(-c3cccc(Cl)c3)cc21. The van der Waals surface area contributed by atoms with Crippen LogP contribution in [0.4, 0.5) is 14.5 Å². The number of halogens is 3. The minimum absolute atomic E-state index is 0.124. The topological polar surface area (TPSA) is 54.9 Å². The van der Waals surface area contributed by atoms with E-state index in [0.717, 1.165) is 22.8 Å². The first kappa shape index (κ1) is 21.2. The van der Waals surface area contributed by atoms with Crippen molar-refractivity contribution in [2.45, 2.75) is 18.8 Å². The number of carbonyl (C=O) groups is 1. The van der Waals surface area contributed by atoms with E-state index in [2.05, 4.69) is 15.3 Å². The average molecular weight is 462 g/mol. The zero-order chi connectivity index (χ0) is 23.2. The number of benzene rings is 3. The van der Waals surface area contributed by atoms with Crippen LogP contribution in [0.5, 0.6) is 0 Å². The Kier molecular flexibility index (Phi) is 5.17. The second-order valence-electron chi connectivity index (χ2n) is 8.29. The lowest BCUT2D eigenvalue weighted by atomic mass is 9.77. The Morgan fingerprint density at radius 2 is 1.79 bits per heavy atom. The smallest absolute Gasteiger partial charge is 0.235 e. The van der Waals surface area contributed by atoms with Crippen LogP contribution in [0.1, 0.15) is 18.1 Å². The number of anilines is 1. The Balaban J connectivity index is 1.72. The third kappa shape index (κ3) is 3.87. The molecule has 0 aliphatic carbocycles. The largest absolute Gasteiger partial charge is 0.324 e. The van der Waals surface area contributed by atoms with Gasteiger partial charge in [-0.15, -0.1) is 0 Å². The lowest BCUT2D eigenvalue weighted by Crippen LogP contribution is -2.33. The van der Waals surface area contributed by atoms with Crippen LogP contribution >= 0.6 is 11.6 Å². The summed E-state index contributed by atoms with van der Waals surface area (Å²) in [6.07, 6.45) is 4.91. The zero-order valence-electron chi connectivity index (χ0n) is 17.6. The Morgan fingerprint density at radius 3 is 2.48 bits per heavy atom. The number of amides is 1. The Hall–Kier alpha value is -3.64. The summed E-state index contributed by atoms with van der Waals surface area (Å²) in [6, 6.07) is 14.6. The minimum Gasteiger partial charge on any atom is -0.324 e. The van der Waals surface area contributed by atoms with E-state index in [4.69, 9.17) is 11.6 Å². The van der Waals surface area contributed by atoms with E-state index in [1.54, 1.807) is 31.6 Å². The molecule has 1 atom stereocenters.